The van der Waals surface area contributed by atoms with E-state index in [1.165, 1.54) is 4.90 Å². The largest absolute Gasteiger partial charge is 0.465 e. The highest BCUT2D eigenvalue weighted by atomic mass is 16.4. The molecule has 0 fully saturated rings. The Kier molecular flexibility index (Phi) is 4.49. The van der Waals surface area contributed by atoms with Gasteiger partial charge in [0.15, 0.2) is 0 Å². The SMILES string of the molecule is C#Cc1ccc2c(c1)[C@H](N(CC)C(=O)O)C[C@H](C)[N+]2(C)C(C)=O. The number of terminal acetylenes is 1. The lowest BCUT2D eigenvalue weighted by Gasteiger charge is -2.45. The van der Waals surface area contributed by atoms with E-state index in [-0.39, 0.29) is 22.5 Å². The van der Waals surface area contributed by atoms with Gasteiger partial charge in [0.05, 0.1) is 26.1 Å². The molecule has 5 heteroatoms. The first-order valence-corrected chi connectivity index (χ1v) is 7.75. The summed E-state index contributed by atoms with van der Waals surface area (Å²) in [7, 11) is 1.88. The monoisotopic (exact) mass is 315 g/mol. The topological polar surface area (TPSA) is 57.6 Å². The van der Waals surface area contributed by atoms with Gasteiger partial charge in [-0.15, -0.1) is 6.42 Å². The summed E-state index contributed by atoms with van der Waals surface area (Å²) in [6, 6.07) is 5.21. The molecule has 1 heterocycles. The van der Waals surface area contributed by atoms with Crippen molar-refractivity contribution in [2.45, 2.75) is 39.3 Å². The molecule has 2 rings (SSSR count). The second-order valence-electron chi connectivity index (χ2n) is 6.18. The van der Waals surface area contributed by atoms with Gasteiger partial charge in [0.1, 0.15) is 5.69 Å². The standard InChI is InChI=1S/C18H22N2O3/c1-6-14-8-9-17-15(11-14)16(19(7-2)18(22)23)10-12(3)20(17,5)13(4)21/h1,8-9,11-12,16H,7,10H2,2-5H3/p+1/t12-,16+,20?/m0/s1. The lowest BCUT2D eigenvalue weighted by Crippen LogP contribution is -2.60. The second kappa shape index (κ2) is 6.05. The van der Waals surface area contributed by atoms with Crippen molar-refractivity contribution in [3.05, 3.63) is 29.3 Å². The molecule has 2 amide bonds. The number of nitrogens with zero attached hydrogens (tertiary/aromatic N) is 2. The Hall–Kier alpha value is -2.32. The number of hydrogen-bond acceptors (Lipinski definition) is 2. The first-order valence-electron chi connectivity index (χ1n) is 7.75. The molecule has 5 nitrogen and oxygen atoms in total. The van der Waals surface area contributed by atoms with Crippen LogP contribution in [0.5, 0.6) is 0 Å². The first-order chi connectivity index (χ1) is 10.8. The van der Waals surface area contributed by atoms with Crippen LogP contribution >= 0.6 is 0 Å². The molecule has 0 bridgehead atoms. The zero-order chi connectivity index (χ0) is 17.4. The maximum Gasteiger partial charge on any atom is 0.407 e. The van der Waals surface area contributed by atoms with E-state index in [2.05, 4.69) is 5.92 Å². The predicted molar refractivity (Wildman–Crippen MR) is 90.0 cm³/mol. The molecule has 1 unspecified atom stereocenters. The third-order valence-corrected chi connectivity index (χ3v) is 5.12. The van der Waals surface area contributed by atoms with Crippen molar-refractivity contribution in [2.75, 3.05) is 13.6 Å². The zero-order valence-electron chi connectivity index (χ0n) is 14.0. The van der Waals surface area contributed by atoms with Crippen LogP contribution in [0.3, 0.4) is 0 Å². The van der Waals surface area contributed by atoms with Crippen LogP contribution in [-0.2, 0) is 4.79 Å². The lowest BCUT2D eigenvalue weighted by molar-refractivity contribution is -0.129. The average Bonchev–Trinajstić information content (AvgIpc) is 2.51. The summed E-state index contributed by atoms with van der Waals surface area (Å²) in [5.41, 5.74) is 2.36. The number of benzene rings is 1. The number of rotatable bonds is 2. The summed E-state index contributed by atoms with van der Waals surface area (Å²) in [6.07, 6.45) is 5.12. The van der Waals surface area contributed by atoms with Crippen molar-refractivity contribution in [1.29, 1.82) is 0 Å². The van der Waals surface area contributed by atoms with E-state index in [4.69, 9.17) is 6.42 Å². The fourth-order valence-corrected chi connectivity index (χ4v) is 3.50. The fraction of sp³-hybridized carbons (Fsp3) is 0.444. The molecular formula is C18H23N2O3+. The summed E-state index contributed by atoms with van der Waals surface area (Å²) < 4.78 is 0.161. The first kappa shape index (κ1) is 17.0. The summed E-state index contributed by atoms with van der Waals surface area (Å²) >= 11 is 0. The molecule has 3 atom stereocenters. The predicted octanol–water partition coefficient (Wildman–Crippen LogP) is 2.98. The lowest BCUT2D eigenvalue weighted by atomic mass is 9.87. The molecule has 23 heavy (non-hydrogen) atoms. The van der Waals surface area contributed by atoms with E-state index in [1.807, 2.05) is 39.1 Å². The van der Waals surface area contributed by atoms with Crippen LogP contribution in [0, 0.1) is 12.3 Å². The van der Waals surface area contributed by atoms with E-state index < -0.39 is 6.09 Å². The van der Waals surface area contributed by atoms with Gasteiger partial charge in [0.2, 0.25) is 0 Å². The van der Waals surface area contributed by atoms with Crippen LogP contribution in [0.4, 0.5) is 10.5 Å². The highest BCUT2D eigenvalue weighted by Gasteiger charge is 2.47. The Bertz CT molecular complexity index is 692. The molecule has 0 saturated heterocycles. The Balaban J connectivity index is 2.70. The molecule has 0 saturated carbocycles. The van der Waals surface area contributed by atoms with E-state index in [0.29, 0.717) is 18.5 Å². The van der Waals surface area contributed by atoms with Gasteiger partial charge in [-0.25, -0.2) is 14.1 Å². The zero-order valence-corrected chi connectivity index (χ0v) is 14.0. The van der Waals surface area contributed by atoms with Crippen LogP contribution in [-0.4, -0.2) is 41.6 Å². The van der Waals surface area contributed by atoms with E-state index in [9.17, 15) is 14.7 Å². The molecule has 0 aliphatic carbocycles. The summed E-state index contributed by atoms with van der Waals surface area (Å²) in [4.78, 5) is 25.4. The minimum atomic E-state index is -0.958. The number of carbonyl (C=O) groups excluding carboxylic acids is 1. The molecule has 0 aromatic heterocycles. The summed E-state index contributed by atoms with van der Waals surface area (Å²) in [5.74, 6) is 2.63. The van der Waals surface area contributed by atoms with Crippen molar-refractivity contribution < 1.29 is 14.7 Å². The fourth-order valence-electron chi connectivity index (χ4n) is 3.50. The third kappa shape index (κ3) is 2.60. The van der Waals surface area contributed by atoms with Gasteiger partial charge in [-0.2, -0.15) is 0 Å². The molecule has 1 N–H and O–H groups in total. The molecule has 0 radical (unpaired) electrons. The molecule has 122 valence electrons. The number of quaternary nitrogens is 1. The van der Waals surface area contributed by atoms with Gasteiger partial charge in [0, 0.05) is 30.2 Å². The van der Waals surface area contributed by atoms with Gasteiger partial charge in [-0.1, -0.05) is 5.92 Å². The Morgan fingerprint density at radius 3 is 2.61 bits per heavy atom. The summed E-state index contributed by atoms with van der Waals surface area (Å²) in [6.45, 7) is 5.76. The minimum absolute atomic E-state index is 0.0184. The quantitative estimate of drug-likeness (QED) is 0.674. The number of amides is 2. The van der Waals surface area contributed by atoms with Crippen molar-refractivity contribution in [3.63, 3.8) is 0 Å². The molecular weight excluding hydrogens is 292 g/mol. The molecule has 1 aromatic rings. The van der Waals surface area contributed by atoms with Gasteiger partial charge < -0.3 is 10.0 Å². The number of carboxylic acid groups (broad SMARTS) is 1. The molecule has 1 aliphatic heterocycles. The highest BCUT2D eigenvalue weighted by molar-refractivity contribution is 5.88. The van der Waals surface area contributed by atoms with Gasteiger partial charge in [0.25, 0.3) is 0 Å². The second-order valence-corrected chi connectivity index (χ2v) is 6.18. The van der Waals surface area contributed by atoms with E-state index in [1.54, 1.807) is 6.92 Å². The number of hydrogen-bond donors (Lipinski definition) is 1. The molecule has 0 spiro atoms. The summed E-state index contributed by atoms with van der Waals surface area (Å²) in [5, 5.41) is 9.52. The van der Waals surface area contributed by atoms with Crippen LogP contribution in [0.25, 0.3) is 0 Å². The van der Waals surface area contributed by atoms with Gasteiger partial charge in [-0.3, -0.25) is 0 Å². The van der Waals surface area contributed by atoms with Gasteiger partial charge >= 0.3 is 12.0 Å². The maximum absolute atomic E-state index is 12.3. The Labute approximate surface area is 137 Å². The Morgan fingerprint density at radius 2 is 2.13 bits per heavy atom. The molecule has 1 aromatic carbocycles. The van der Waals surface area contributed by atoms with E-state index in [0.717, 1.165) is 11.3 Å². The van der Waals surface area contributed by atoms with Gasteiger partial charge in [-0.05, 0) is 26.0 Å². The van der Waals surface area contributed by atoms with Crippen LogP contribution in [0.15, 0.2) is 18.2 Å². The van der Waals surface area contributed by atoms with Crippen molar-refractivity contribution >= 4 is 17.7 Å². The smallest absolute Gasteiger partial charge is 0.407 e. The minimum Gasteiger partial charge on any atom is -0.465 e. The third-order valence-electron chi connectivity index (χ3n) is 5.12. The van der Waals surface area contributed by atoms with Crippen molar-refractivity contribution in [1.82, 2.24) is 9.38 Å². The van der Waals surface area contributed by atoms with Crippen molar-refractivity contribution in [2.24, 2.45) is 0 Å². The normalized spacial score (nSPS) is 26.0. The average molecular weight is 315 g/mol. The maximum atomic E-state index is 12.3. The number of fused-ring (bicyclic) bond motifs is 1. The van der Waals surface area contributed by atoms with E-state index >= 15 is 0 Å². The van der Waals surface area contributed by atoms with Crippen LogP contribution < -0.4 is 4.48 Å². The van der Waals surface area contributed by atoms with Crippen LogP contribution in [0.2, 0.25) is 0 Å². The molecule has 1 aliphatic rings. The highest BCUT2D eigenvalue weighted by Crippen LogP contribution is 2.44. The number of carbonyl (C=O) groups is 2. The van der Waals surface area contributed by atoms with Crippen molar-refractivity contribution in [3.8, 4) is 12.3 Å². The van der Waals surface area contributed by atoms with Crippen LogP contribution in [0.1, 0.15) is 44.4 Å². The Morgan fingerprint density at radius 1 is 1.48 bits per heavy atom.